The van der Waals surface area contributed by atoms with Crippen molar-refractivity contribution in [2.45, 2.75) is 33.9 Å². The van der Waals surface area contributed by atoms with E-state index in [4.69, 9.17) is 9.15 Å². The van der Waals surface area contributed by atoms with Crippen LogP contribution in [-0.2, 0) is 13.1 Å². The number of aryl methyl sites for hydroxylation is 2. The molecule has 0 bridgehead atoms. The van der Waals surface area contributed by atoms with Gasteiger partial charge in [0.1, 0.15) is 17.1 Å². The number of hydrogen-bond donors (Lipinski definition) is 1. The first-order chi connectivity index (χ1) is 12.5. The third-order valence-corrected chi connectivity index (χ3v) is 4.25. The van der Waals surface area contributed by atoms with Crippen LogP contribution in [0.25, 0.3) is 11.0 Å². The Morgan fingerprint density at radius 3 is 2.58 bits per heavy atom. The molecular formula is C20H22N2O4. The molecule has 0 aliphatic carbocycles. The van der Waals surface area contributed by atoms with Crippen LogP contribution in [0.2, 0.25) is 0 Å². The second-order valence-electron chi connectivity index (χ2n) is 5.94. The van der Waals surface area contributed by atoms with Gasteiger partial charge in [0.25, 0.3) is 11.5 Å². The number of nitrogens with one attached hydrogen (secondary N) is 1. The Balaban J connectivity index is 1.83. The molecule has 6 heteroatoms. The van der Waals surface area contributed by atoms with E-state index in [1.807, 2.05) is 38.1 Å². The van der Waals surface area contributed by atoms with E-state index in [2.05, 4.69) is 5.32 Å². The molecule has 0 saturated heterocycles. The van der Waals surface area contributed by atoms with Crippen LogP contribution >= 0.6 is 0 Å². The van der Waals surface area contributed by atoms with Crippen LogP contribution in [0.1, 0.15) is 35.5 Å². The number of ether oxygens (including phenoxy) is 1. The van der Waals surface area contributed by atoms with Gasteiger partial charge < -0.3 is 19.0 Å². The van der Waals surface area contributed by atoms with Crippen LogP contribution in [0.4, 0.5) is 0 Å². The maximum atomic E-state index is 12.7. The number of benzene rings is 1. The van der Waals surface area contributed by atoms with E-state index >= 15 is 0 Å². The van der Waals surface area contributed by atoms with E-state index < -0.39 is 0 Å². The Hall–Kier alpha value is -3.02. The van der Waals surface area contributed by atoms with Crippen LogP contribution in [0.15, 0.2) is 45.7 Å². The molecule has 0 saturated carbocycles. The van der Waals surface area contributed by atoms with Crippen molar-refractivity contribution in [2.75, 3.05) is 6.61 Å². The summed E-state index contributed by atoms with van der Waals surface area (Å²) in [6.07, 6.45) is 1.68. The van der Waals surface area contributed by atoms with Gasteiger partial charge in [-0.1, -0.05) is 12.1 Å². The van der Waals surface area contributed by atoms with Crippen LogP contribution in [-0.4, -0.2) is 17.1 Å². The average molecular weight is 354 g/mol. The van der Waals surface area contributed by atoms with Crippen LogP contribution in [0.3, 0.4) is 0 Å². The summed E-state index contributed by atoms with van der Waals surface area (Å²) in [4.78, 5) is 25.3. The maximum Gasteiger partial charge on any atom is 0.262 e. The maximum absolute atomic E-state index is 12.7. The summed E-state index contributed by atoms with van der Waals surface area (Å²) in [5, 5.41) is 3.19. The molecule has 1 N–H and O–H groups in total. The van der Waals surface area contributed by atoms with Crippen molar-refractivity contribution >= 4 is 16.9 Å². The molecule has 1 aromatic carbocycles. The Morgan fingerprint density at radius 1 is 1.19 bits per heavy atom. The lowest BCUT2D eigenvalue weighted by atomic mass is 10.1. The van der Waals surface area contributed by atoms with E-state index in [0.717, 1.165) is 11.3 Å². The lowest BCUT2D eigenvalue weighted by molar-refractivity contribution is 0.0950. The van der Waals surface area contributed by atoms with E-state index in [-0.39, 0.29) is 11.5 Å². The first kappa shape index (κ1) is 17.8. The first-order valence-corrected chi connectivity index (χ1v) is 8.67. The summed E-state index contributed by atoms with van der Waals surface area (Å²) < 4.78 is 12.6. The number of nitrogens with zero attached hydrogens (tertiary/aromatic N) is 1. The summed E-state index contributed by atoms with van der Waals surface area (Å²) in [5.41, 5.74) is 1.47. The number of aromatic nitrogens is 1. The third kappa shape index (κ3) is 3.35. The van der Waals surface area contributed by atoms with Gasteiger partial charge in [0.2, 0.25) is 0 Å². The van der Waals surface area contributed by atoms with Crippen molar-refractivity contribution < 1.29 is 13.9 Å². The Morgan fingerprint density at radius 2 is 1.92 bits per heavy atom. The van der Waals surface area contributed by atoms with Gasteiger partial charge in [-0.3, -0.25) is 9.59 Å². The molecule has 1 amide bonds. The molecule has 6 nitrogen and oxygen atoms in total. The summed E-state index contributed by atoms with van der Waals surface area (Å²) in [6.45, 7) is 7.00. The highest BCUT2D eigenvalue weighted by Gasteiger charge is 2.21. The van der Waals surface area contributed by atoms with Gasteiger partial charge in [-0.15, -0.1) is 0 Å². The Bertz CT molecular complexity index is 983. The number of furan rings is 1. The SMILES string of the molecule is CCOc1ccc(CNC(=O)c2c(C)oc3ccn(CC)c(=O)c23)cc1. The molecule has 26 heavy (non-hydrogen) atoms. The fourth-order valence-electron chi connectivity index (χ4n) is 2.93. The quantitative estimate of drug-likeness (QED) is 0.737. The van der Waals surface area contributed by atoms with Gasteiger partial charge >= 0.3 is 0 Å². The normalized spacial score (nSPS) is 10.9. The first-order valence-electron chi connectivity index (χ1n) is 8.67. The largest absolute Gasteiger partial charge is 0.494 e. The smallest absolute Gasteiger partial charge is 0.262 e. The zero-order chi connectivity index (χ0) is 18.7. The minimum atomic E-state index is -0.318. The van der Waals surface area contributed by atoms with Gasteiger partial charge in [0, 0.05) is 19.3 Å². The summed E-state index contributed by atoms with van der Waals surface area (Å²) in [6, 6.07) is 9.24. The topological polar surface area (TPSA) is 73.5 Å². The highest BCUT2D eigenvalue weighted by molar-refractivity contribution is 6.06. The number of amides is 1. The van der Waals surface area contributed by atoms with Crippen molar-refractivity contribution in [1.82, 2.24) is 9.88 Å². The van der Waals surface area contributed by atoms with Crippen LogP contribution in [0.5, 0.6) is 5.75 Å². The molecule has 0 aliphatic heterocycles. The van der Waals surface area contributed by atoms with E-state index in [1.54, 1.807) is 23.8 Å². The number of pyridine rings is 1. The van der Waals surface area contributed by atoms with Gasteiger partial charge in [-0.25, -0.2) is 0 Å². The predicted molar refractivity (Wildman–Crippen MR) is 99.7 cm³/mol. The molecule has 0 fully saturated rings. The summed E-state index contributed by atoms with van der Waals surface area (Å²) in [5.74, 6) is 0.913. The van der Waals surface area contributed by atoms with Crippen molar-refractivity contribution in [1.29, 1.82) is 0 Å². The Kier molecular flexibility index (Phi) is 5.11. The molecule has 2 aromatic heterocycles. The van der Waals surface area contributed by atoms with E-state index in [0.29, 0.717) is 42.0 Å². The molecule has 0 radical (unpaired) electrons. The van der Waals surface area contributed by atoms with Crippen LogP contribution < -0.4 is 15.6 Å². The highest BCUT2D eigenvalue weighted by Crippen LogP contribution is 2.22. The van der Waals surface area contributed by atoms with E-state index in [1.165, 1.54) is 0 Å². The molecule has 0 unspecified atom stereocenters. The number of rotatable bonds is 6. The predicted octanol–water partition coefficient (Wildman–Crippen LogP) is 3.25. The second-order valence-corrected chi connectivity index (χ2v) is 5.94. The fourth-order valence-corrected chi connectivity index (χ4v) is 2.93. The van der Waals surface area contributed by atoms with Crippen LogP contribution in [0, 0.1) is 6.92 Å². The van der Waals surface area contributed by atoms with Gasteiger partial charge in [-0.2, -0.15) is 0 Å². The van der Waals surface area contributed by atoms with Gasteiger partial charge in [0.05, 0.1) is 17.6 Å². The summed E-state index contributed by atoms with van der Waals surface area (Å²) in [7, 11) is 0. The fraction of sp³-hybridized carbons (Fsp3) is 0.300. The molecular weight excluding hydrogens is 332 g/mol. The zero-order valence-corrected chi connectivity index (χ0v) is 15.2. The molecule has 2 heterocycles. The summed E-state index contributed by atoms with van der Waals surface area (Å²) >= 11 is 0. The van der Waals surface area contributed by atoms with Crippen molar-refractivity contribution in [2.24, 2.45) is 0 Å². The molecule has 0 spiro atoms. The van der Waals surface area contributed by atoms with Crippen molar-refractivity contribution in [3.63, 3.8) is 0 Å². The molecule has 0 aliphatic rings. The van der Waals surface area contributed by atoms with Gasteiger partial charge in [-0.05, 0) is 44.5 Å². The van der Waals surface area contributed by atoms with Gasteiger partial charge in [0.15, 0.2) is 0 Å². The lowest BCUT2D eigenvalue weighted by Crippen LogP contribution is -2.26. The molecule has 0 atom stereocenters. The van der Waals surface area contributed by atoms with Crippen molar-refractivity contribution in [3.8, 4) is 5.75 Å². The second kappa shape index (κ2) is 7.47. The third-order valence-electron chi connectivity index (χ3n) is 4.25. The minimum Gasteiger partial charge on any atom is -0.494 e. The Labute approximate surface area is 151 Å². The van der Waals surface area contributed by atoms with E-state index in [9.17, 15) is 9.59 Å². The van der Waals surface area contributed by atoms with Crippen molar-refractivity contribution in [3.05, 3.63) is 63.8 Å². The monoisotopic (exact) mass is 354 g/mol. The standard InChI is InChI=1S/C20H22N2O4/c1-4-22-11-10-16-18(20(22)24)17(13(3)26-16)19(23)21-12-14-6-8-15(9-7-14)25-5-2/h6-11H,4-5,12H2,1-3H3,(H,21,23). The lowest BCUT2D eigenvalue weighted by Gasteiger charge is -2.07. The minimum absolute atomic E-state index is 0.215. The zero-order valence-electron chi connectivity index (χ0n) is 15.2. The highest BCUT2D eigenvalue weighted by atomic mass is 16.5. The average Bonchev–Trinajstić information content (AvgIpc) is 2.98. The number of fused-ring (bicyclic) bond motifs is 1. The number of carbonyl (C=O) groups excluding carboxylic acids is 1. The molecule has 3 rings (SSSR count). The number of carbonyl (C=O) groups is 1. The number of hydrogen-bond acceptors (Lipinski definition) is 4. The molecule has 136 valence electrons. The molecule has 3 aromatic rings.